The van der Waals surface area contributed by atoms with E-state index >= 15 is 0 Å². The third kappa shape index (κ3) is 5.20. The number of anilines is 2. The number of nitrogens with zero attached hydrogens (tertiary/aromatic N) is 5. The molecule has 0 aliphatic carbocycles. The molecule has 0 N–H and O–H groups in total. The summed E-state index contributed by atoms with van der Waals surface area (Å²) in [6.07, 6.45) is 1.64. The first-order chi connectivity index (χ1) is 15.8. The number of aryl methyl sites for hydroxylation is 2. The Kier molecular flexibility index (Phi) is 6.99. The molecule has 0 unspecified atom stereocenters. The lowest BCUT2D eigenvalue weighted by atomic mass is 10.1. The quantitative estimate of drug-likeness (QED) is 0.277. The number of furan rings is 1. The zero-order valence-corrected chi connectivity index (χ0v) is 21.0. The maximum atomic E-state index is 12.4. The zero-order chi connectivity index (χ0) is 23.5. The van der Waals surface area contributed by atoms with Gasteiger partial charge in [-0.25, -0.2) is 4.98 Å². The molecule has 7 nitrogen and oxygen atoms in total. The highest BCUT2D eigenvalue weighted by molar-refractivity contribution is 7.98. The summed E-state index contributed by atoms with van der Waals surface area (Å²) < 4.78 is 7.64. The van der Waals surface area contributed by atoms with Crippen LogP contribution in [0.4, 0.5) is 10.8 Å². The Hall–Kier alpha value is -2.91. The Morgan fingerprint density at radius 1 is 1.21 bits per heavy atom. The van der Waals surface area contributed by atoms with Gasteiger partial charge < -0.3 is 4.42 Å². The second-order valence-corrected chi connectivity index (χ2v) is 10.1. The molecule has 0 aliphatic rings. The largest absolute Gasteiger partial charge is 0.461 e. The Morgan fingerprint density at radius 3 is 2.70 bits per heavy atom. The number of thioether (sulfide) groups is 1. The van der Waals surface area contributed by atoms with Gasteiger partial charge in [0.05, 0.1) is 17.6 Å². The SMILES string of the molecule is CC(=O)N(c1ccc(C)c(C)c1)c1nc(CSc2nnc(-c3ccco3)n2CC(C)C)cs1. The third-order valence-electron chi connectivity index (χ3n) is 5.15. The molecule has 4 rings (SSSR count). The van der Waals surface area contributed by atoms with Gasteiger partial charge >= 0.3 is 0 Å². The summed E-state index contributed by atoms with van der Waals surface area (Å²) >= 11 is 3.05. The molecule has 1 amide bonds. The molecule has 33 heavy (non-hydrogen) atoms. The molecule has 0 radical (unpaired) electrons. The molecule has 4 aromatic rings. The Bertz CT molecular complexity index is 1240. The van der Waals surface area contributed by atoms with Crippen LogP contribution in [0.2, 0.25) is 0 Å². The number of aromatic nitrogens is 4. The third-order valence-corrected chi connectivity index (χ3v) is 7.02. The summed E-state index contributed by atoms with van der Waals surface area (Å²) in [5.74, 6) is 2.43. The van der Waals surface area contributed by atoms with Gasteiger partial charge in [-0.3, -0.25) is 14.3 Å². The molecule has 1 aromatic carbocycles. The van der Waals surface area contributed by atoms with Crippen molar-refractivity contribution in [3.05, 3.63) is 58.8 Å². The summed E-state index contributed by atoms with van der Waals surface area (Å²) in [6, 6.07) is 9.76. The van der Waals surface area contributed by atoms with Crippen molar-refractivity contribution in [3.8, 4) is 11.6 Å². The van der Waals surface area contributed by atoms with Crippen molar-refractivity contribution in [2.75, 3.05) is 4.90 Å². The molecule has 0 bridgehead atoms. The van der Waals surface area contributed by atoms with Crippen molar-refractivity contribution >= 4 is 39.8 Å². The van der Waals surface area contributed by atoms with E-state index in [-0.39, 0.29) is 5.91 Å². The van der Waals surface area contributed by atoms with Gasteiger partial charge in [-0.2, -0.15) is 0 Å². The second-order valence-electron chi connectivity index (χ2n) is 8.32. The van der Waals surface area contributed by atoms with E-state index < -0.39 is 0 Å². The minimum atomic E-state index is -0.0634. The van der Waals surface area contributed by atoms with E-state index in [0.717, 1.165) is 34.5 Å². The molecule has 0 saturated heterocycles. The van der Waals surface area contributed by atoms with Crippen molar-refractivity contribution in [3.63, 3.8) is 0 Å². The summed E-state index contributed by atoms with van der Waals surface area (Å²) in [4.78, 5) is 18.9. The fraction of sp³-hybridized carbons (Fsp3) is 0.333. The molecular formula is C24H27N5O2S2. The van der Waals surface area contributed by atoms with Gasteiger partial charge in [-0.1, -0.05) is 31.7 Å². The predicted molar refractivity (Wildman–Crippen MR) is 133 cm³/mol. The summed E-state index contributed by atoms with van der Waals surface area (Å²) in [5.41, 5.74) is 4.06. The number of benzene rings is 1. The van der Waals surface area contributed by atoms with Crippen LogP contribution < -0.4 is 4.90 Å². The Balaban J connectivity index is 1.54. The van der Waals surface area contributed by atoms with Crippen LogP contribution in [0.5, 0.6) is 0 Å². The maximum absolute atomic E-state index is 12.4. The maximum Gasteiger partial charge on any atom is 0.230 e. The molecule has 0 saturated carbocycles. The zero-order valence-electron chi connectivity index (χ0n) is 19.4. The number of hydrogen-bond donors (Lipinski definition) is 0. The van der Waals surface area contributed by atoms with E-state index in [1.807, 2.05) is 42.6 Å². The predicted octanol–water partition coefficient (Wildman–Crippen LogP) is 6.24. The summed E-state index contributed by atoms with van der Waals surface area (Å²) in [6.45, 7) is 10.8. The van der Waals surface area contributed by atoms with E-state index in [4.69, 9.17) is 9.40 Å². The van der Waals surface area contributed by atoms with Crippen molar-refractivity contribution < 1.29 is 9.21 Å². The number of rotatable bonds is 8. The summed E-state index contributed by atoms with van der Waals surface area (Å²) in [5, 5.41) is 12.3. The number of hydrogen-bond acceptors (Lipinski definition) is 7. The van der Waals surface area contributed by atoms with Gasteiger partial charge in [0, 0.05) is 24.6 Å². The van der Waals surface area contributed by atoms with Crippen LogP contribution in [0.25, 0.3) is 11.6 Å². The second kappa shape index (κ2) is 9.93. The van der Waals surface area contributed by atoms with Crippen LogP contribution in [-0.4, -0.2) is 25.7 Å². The Labute approximate surface area is 201 Å². The molecule has 172 valence electrons. The van der Waals surface area contributed by atoms with E-state index in [1.165, 1.54) is 16.9 Å². The number of thiazole rings is 1. The molecule has 0 aliphatic heterocycles. The first-order valence-electron chi connectivity index (χ1n) is 10.8. The summed E-state index contributed by atoms with van der Waals surface area (Å²) in [7, 11) is 0. The van der Waals surface area contributed by atoms with Crippen LogP contribution in [0.3, 0.4) is 0 Å². The van der Waals surface area contributed by atoms with E-state index in [0.29, 0.717) is 22.6 Å². The van der Waals surface area contributed by atoms with Crippen molar-refractivity contribution in [2.45, 2.75) is 52.1 Å². The average Bonchev–Trinajstić information content (AvgIpc) is 3.50. The van der Waals surface area contributed by atoms with Gasteiger partial charge in [0.2, 0.25) is 5.91 Å². The van der Waals surface area contributed by atoms with Crippen LogP contribution in [0.15, 0.2) is 51.5 Å². The van der Waals surface area contributed by atoms with Crippen molar-refractivity contribution in [1.82, 2.24) is 19.7 Å². The van der Waals surface area contributed by atoms with E-state index in [9.17, 15) is 4.79 Å². The lowest BCUT2D eigenvalue weighted by Crippen LogP contribution is -2.22. The minimum Gasteiger partial charge on any atom is -0.461 e. The first kappa shape index (κ1) is 23.3. The van der Waals surface area contributed by atoms with E-state index in [1.54, 1.807) is 29.8 Å². The number of carbonyl (C=O) groups excluding carboxylic acids is 1. The van der Waals surface area contributed by atoms with E-state index in [2.05, 4.69) is 35.5 Å². The minimum absolute atomic E-state index is 0.0634. The smallest absolute Gasteiger partial charge is 0.230 e. The molecular weight excluding hydrogens is 454 g/mol. The molecule has 9 heteroatoms. The van der Waals surface area contributed by atoms with Crippen LogP contribution in [0, 0.1) is 19.8 Å². The topological polar surface area (TPSA) is 77.1 Å². The molecule has 3 aromatic heterocycles. The number of carbonyl (C=O) groups is 1. The highest BCUT2D eigenvalue weighted by Crippen LogP contribution is 2.33. The van der Waals surface area contributed by atoms with Gasteiger partial charge in [-0.15, -0.1) is 21.5 Å². The fourth-order valence-electron chi connectivity index (χ4n) is 3.41. The fourth-order valence-corrected chi connectivity index (χ4v) is 5.24. The van der Waals surface area contributed by atoms with Crippen molar-refractivity contribution in [1.29, 1.82) is 0 Å². The molecule has 0 spiro atoms. The average molecular weight is 482 g/mol. The highest BCUT2D eigenvalue weighted by atomic mass is 32.2. The highest BCUT2D eigenvalue weighted by Gasteiger charge is 2.20. The number of amides is 1. The first-order valence-corrected chi connectivity index (χ1v) is 12.6. The van der Waals surface area contributed by atoms with Gasteiger partial charge in [0.1, 0.15) is 0 Å². The standard InChI is InChI=1S/C24H27N5O2S2/c1-15(2)12-28-22(21-7-6-10-31-21)26-27-24(28)33-14-19-13-32-23(25-19)29(18(5)30)20-9-8-16(3)17(4)11-20/h6-11,13,15H,12,14H2,1-5H3. The van der Waals surface area contributed by atoms with Gasteiger partial charge in [0.25, 0.3) is 0 Å². The normalized spacial score (nSPS) is 11.3. The molecule has 3 heterocycles. The van der Waals surface area contributed by atoms with Crippen LogP contribution in [-0.2, 0) is 17.1 Å². The molecule has 0 fully saturated rings. The van der Waals surface area contributed by atoms with Crippen molar-refractivity contribution in [2.24, 2.45) is 5.92 Å². The lowest BCUT2D eigenvalue weighted by molar-refractivity contribution is -0.115. The van der Waals surface area contributed by atoms with Gasteiger partial charge in [-0.05, 0) is 55.2 Å². The monoisotopic (exact) mass is 481 g/mol. The molecule has 0 atom stereocenters. The lowest BCUT2D eigenvalue weighted by Gasteiger charge is -2.19. The van der Waals surface area contributed by atoms with Crippen LogP contribution >= 0.6 is 23.1 Å². The van der Waals surface area contributed by atoms with Crippen LogP contribution in [0.1, 0.15) is 37.6 Å². The van der Waals surface area contributed by atoms with Gasteiger partial charge in [0.15, 0.2) is 21.9 Å². The Morgan fingerprint density at radius 2 is 2.03 bits per heavy atom.